The zero-order valence-electron chi connectivity index (χ0n) is 14.6. The molecule has 25 heavy (non-hydrogen) atoms. The number of pyridine rings is 1. The van der Waals surface area contributed by atoms with Gasteiger partial charge in [-0.3, -0.25) is 4.79 Å². The maximum Gasteiger partial charge on any atom is 0.273 e. The summed E-state index contributed by atoms with van der Waals surface area (Å²) in [6.07, 6.45) is 2.46. The van der Waals surface area contributed by atoms with Gasteiger partial charge in [0.15, 0.2) is 11.5 Å². The van der Waals surface area contributed by atoms with Crippen LogP contribution in [0.4, 0.5) is 5.82 Å². The second-order valence-corrected chi connectivity index (χ2v) is 6.32. The molecule has 0 aliphatic rings. The van der Waals surface area contributed by atoms with E-state index in [0.29, 0.717) is 24.7 Å². The van der Waals surface area contributed by atoms with Gasteiger partial charge in [-0.25, -0.2) is 0 Å². The summed E-state index contributed by atoms with van der Waals surface area (Å²) in [5.41, 5.74) is 7.15. The second kappa shape index (κ2) is 8.71. The molecule has 0 spiro atoms. The number of halogens is 1. The van der Waals surface area contributed by atoms with Crippen LogP contribution in [0, 0.1) is 6.92 Å². The van der Waals surface area contributed by atoms with Gasteiger partial charge in [0.25, 0.3) is 5.56 Å². The lowest BCUT2D eigenvalue weighted by Crippen LogP contribution is -2.19. The van der Waals surface area contributed by atoms with Crippen molar-refractivity contribution in [2.75, 3.05) is 18.9 Å². The fourth-order valence-corrected chi connectivity index (χ4v) is 2.81. The van der Waals surface area contributed by atoms with Crippen molar-refractivity contribution < 1.29 is 9.47 Å². The number of nitrogens with two attached hydrogens (primary N) is 1. The minimum atomic E-state index is -0.277. The molecule has 0 aliphatic carbocycles. The van der Waals surface area contributed by atoms with E-state index in [9.17, 15) is 4.79 Å². The van der Waals surface area contributed by atoms with Crippen molar-refractivity contribution >= 4 is 28.0 Å². The first-order chi connectivity index (χ1) is 12.0. The number of nitrogens with zero attached hydrogens (tertiary/aromatic N) is 2. The van der Waals surface area contributed by atoms with Crippen molar-refractivity contribution in [1.82, 2.24) is 4.68 Å². The fraction of sp³-hybridized carbons (Fsp3) is 0.333. The third-order valence-electron chi connectivity index (χ3n) is 3.28. The Labute approximate surface area is 155 Å². The Kier molecular flexibility index (Phi) is 6.64. The van der Waals surface area contributed by atoms with Gasteiger partial charge in [-0.05, 0) is 65.5 Å². The molecule has 0 aliphatic heterocycles. The molecule has 0 amide bonds. The molecule has 0 fully saturated rings. The van der Waals surface area contributed by atoms with Crippen LogP contribution in [0.15, 0.2) is 38.6 Å². The summed E-state index contributed by atoms with van der Waals surface area (Å²) >= 11 is 3.50. The summed E-state index contributed by atoms with van der Waals surface area (Å²) in [7, 11) is 0. The van der Waals surface area contributed by atoms with Crippen LogP contribution in [0.2, 0.25) is 0 Å². The van der Waals surface area contributed by atoms with Crippen LogP contribution in [0.1, 0.15) is 31.4 Å². The van der Waals surface area contributed by atoms with Crippen LogP contribution in [0.3, 0.4) is 0 Å². The van der Waals surface area contributed by atoms with Gasteiger partial charge >= 0.3 is 0 Å². The zero-order chi connectivity index (χ0) is 18.4. The molecule has 1 aromatic heterocycles. The van der Waals surface area contributed by atoms with E-state index in [1.807, 2.05) is 32.9 Å². The van der Waals surface area contributed by atoms with E-state index in [2.05, 4.69) is 21.0 Å². The minimum Gasteiger partial charge on any atom is -0.490 e. The lowest BCUT2D eigenvalue weighted by atomic mass is 10.2. The molecular weight excluding hydrogens is 386 g/mol. The quantitative estimate of drug-likeness (QED) is 0.711. The molecule has 1 heterocycles. The lowest BCUT2D eigenvalue weighted by molar-refractivity contribution is 0.275. The molecule has 1 aromatic carbocycles. The molecule has 0 radical (unpaired) electrons. The number of anilines is 1. The van der Waals surface area contributed by atoms with E-state index in [1.54, 1.807) is 12.3 Å². The molecule has 0 unspecified atom stereocenters. The molecule has 7 heteroatoms. The van der Waals surface area contributed by atoms with Gasteiger partial charge in [-0.2, -0.15) is 9.78 Å². The van der Waals surface area contributed by atoms with Crippen LogP contribution in [0.25, 0.3) is 0 Å². The average Bonchev–Trinajstić information content (AvgIpc) is 2.53. The second-order valence-electron chi connectivity index (χ2n) is 5.46. The van der Waals surface area contributed by atoms with Gasteiger partial charge < -0.3 is 15.2 Å². The number of hydrogen-bond donors (Lipinski definition) is 1. The van der Waals surface area contributed by atoms with Crippen LogP contribution in [-0.2, 0) is 0 Å². The summed E-state index contributed by atoms with van der Waals surface area (Å²) < 4.78 is 13.3. The summed E-state index contributed by atoms with van der Waals surface area (Å²) in [4.78, 5) is 12.0. The smallest absolute Gasteiger partial charge is 0.273 e. The van der Waals surface area contributed by atoms with Crippen molar-refractivity contribution in [3.8, 4) is 11.5 Å². The maximum atomic E-state index is 12.0. The van der Waals surface area contributed by atoms with Gasteiger partial charge in [0.1, 0.15) is 5.82 Å². The highest BCUT2D eigenvalue weighted by Gasteiger charge is 2.11. The molecule has 0 saturated heterocycles. The van der Waals surface area contributed by atoms with Gasteiger partial charge in [0, 0.05) is 6.07 Å². The third kappa shape index (κ3) is 4.85. The number of ether oxygens (including phenoxy) is 2. The summed E-state index contributed by atoms with van der Waals surface area (Å²) in [5.74, 6) is 1.57. The fourth-order valence-electron chi connectivity index (χ4n) is 2.24. The van der Waals surface area contributed by atoms with Crippen LogP contribution < -0.4 is 20.8 Å². The number of hydrogen-bond acceptors (Lipinski definition) is 5. The highest BCUT2D eigenvalue weighted by molar-refractivity contribution is 9.10. The lowest BCUT2D eigenvalue weighted by Gasteiger charge is -2.14. The van der Waals surface area contributed by atoms with Gasteiger partial charge in [-0.1, -0.05) is 6.92 Å². The standard InChI is InChI=1S/C18H22BrN3O3/c1-4-6-25-18-14(19)9-13(10-15(18)24-5-2)11-21-22-16(20)7-12(3)8-17(22)23/h7-11H,4-6,20H2,1-3H3/b21-11-. The first kappa shape index (κ1) is 19.1. The highest BCUT2D eigenvalue weighted by Crippen LogP contribution is 2.36. The number of nitrogen functional groups attached to an aromatic ring is 1. The molecular formula is C18H22BrN3O3. The van der Waals surface area contributed by atoms with Crippen molar-refractivity contribution in [3.63, 3.8) is 0 Å². The SMILES string of the molecule is CCCOc1c(Br)cc(/C=N\n2c(N)cc(C)cc2=O)cc1OCC. The predicted molar refractivity (Wildman–Crippen MR) is 104 cm³/mol. The van der Waals surface area contributed by atoms with E-state index in [4.69, 9.17) is 15.2 Å². The first-order valence-corrected chi connectivity index (χ1v) is 8.88. The number of aryl methyl sites for hydroxylation is 1. The molecule has 0 atom stereocenters. The van der Waals surface area contributed by atoms with Crippen LogP contribution >= 0.6 is 15.9 Å². The highest BCUT2D eigenvalue weighted by atomic mass is 79.9. The van der Waals surface area contributed by atoms with Crippen LogP contribution in [-0.4, -0.2) is 24.1 Å². The topological polar surface area (TPSA) is 78.8 Å². The van der Waals surface area contributed by atoms with E-state index in [0.717, 1.165) is 26.7 Å². The monoisotopic (exact) mass is 407 g/mol. The average molecular weight is 408 g/mol. The van der Waals surface area contributed by atoms with Gasteiger partial charge in [-0.15, -0.1) is 0 Å². The van der Waals surface area contributed by atoms with Crippen molar-refractivity contribution in [2.45, 2.75) is 27.2 Å². The molecule has 2 rings (SSSR count). The Balaban J connectivity index is 2.38. The number of benzene rings is 1. The van der Waals surface area contributed by atoms with E-state index in [-0.39, 0.29) is 11.4 Å². The molecule has 0 bridgehead atoms. The Hall–Kier alpha value is -2.28. The third-order valence-corrected chi connectivity index (χ3v) is 3.87. The summed E-state index contributed by atoms with van der Waals surface area (Å²) in [5, 5.41) is 4.19. The van der Waals surface area contributed by atoms with Crippen molar-refractivity contribution in [1.29, 1.82) is 0 Å². The van der Waals surface area contributed by atoms with E-state index < -0.39 is 0 Å². The molecule has 6 nitrogen and oxygen atoms in total. The number of aromatic nitrogens is 1. The van der Waals surface area contributed by atoms with Crippen molar-refractivity contribution in [2.24, 2.45) is 5.10 Å². The maximum absolute atomic E-state index is 12.0. The molecule has 2 aromatic rings. The van der Waals surface area contributed by atoms with E-state index >= 15 is 0 Å². The first-order valence-electron chi connectivity index (χ1n) is 8.09. The predicted octanol–water partition coefficient (Wildman–Crippen LogP) is 3.57. The Morgan fingerprint density at radius 1 is 1.24 bits per heavy atom. The Morgan fingerprint density at radius 2 is 2.00 bits per heavy atom. The number of rotatable bonds is 7. The molecule has 134 valence electrons. The Bertz CT molecular complexity index is 831. The van der Waals surface area contributed by atoms with Gasteiger partial charge in [0.05, 0.1) is 23.9 Å². The van der Waals surface area contributed by atoms with Crippen molar-refractivity contribution in [3.05, 3.63) is 50.2 Å². The zero-order valence-corrected chi connectivity index (χ0v) is 16.2. The minimum absolute atomic E-state index is 0.277. The summed E-state index contributed by atoms with van der Waals surface area (Å²) in [6.45, 7) is 6.87. The van der Waals surface area contributed by atoms with Crippen LogP contribution in [0.5, 0.6) is 11.5 Å². The largest absolute Gasteiger partial charge is 0.490 e. The molecule has 2 N–H and O–H groups in total. The molecule has 0 saturated carbocycles. The van der Waals surface area contributed by atoms with Gasteiger partial charge in [0.2, 0.25) is 0 Å². The summed E-state index contributed by atoms with van der Waals surface area (Å²) in [6, 6.07) is 6.85. The normalized spacial score (nSPS) is 11.0. The Morgan fingerprint density at radius 3 is 2.64 bits per heavy atom. The van der Waals surface area contributed by atoms with E-state index in [1.165, 1.54) is 6.07 Å².